The molecule has 34 heavy (non-hydrogen) atoms. The second-order valence-corrected chi connectivity index (χ2v) is 9.21. The van der Waals surface area contributed by atoms with Gasteiger partial charge in [-0.3, -0.25) is 4.79 Å². The number of carbonyl (C=O) groups excluding carboxylic acids is 1. The topological polar surface area (TPSA) is 93.8 Å². The highest BCUT2D eigenvalue weighted by Gasteiger charge is 2.32. The number of ether oxygens (including phenoxy) is 2. The quantitative estimate of drug-likeness (QED) is 0.550. The van der Waals surface area contributed by atoms with Crippen LogP contribution < -0.4 is 14.4 Å². The monoisotopic (exact) mass is 463 g/mol. The number of benzene rings is 1. The molecule has 1 amide bonds. The lowest BCUT2D eigenvalue weighted by Gasteiger charge is -2.35. The molecule has 0 aliphatic carbocycles. The van der Waals surface area contributed by atoms with Gasteiger partial charge in [-0.15, -0.1) is 0 Å². The van der Waals surface area contributed by atoms with Crippen molar-refractivity contribution in [3.63, 3.8) is 0 Å². The Morgan fingerprint density at radius 3 is 2.68 bits per heavy atom. The number of hydrogen-bond acceptors (Lipinski definition) is 8. The van der Waals surface area contributed by atoms with Crippen molar-refractivity contribution in [3.8, 4) is 22.9 Å². The van der Waals surface area contributed by atoms with Crippen LogP contribution in [-0.4, -0.2) is 64.3 Å². The number of aryl methyl sites for hydroxylation is 1. The van der Waals surface area contributed by atoms with E-state index in [1.807, 2.05) is 42.2 Å². The van der Waals surface area contributed by atoms with Gasteiger partial charge in [0.15, 0.2) is 18.1 Å². The lowest BCUT2D eigenvalue weighted by molar-refractivity contribution is -0.133. The minimum atomic E-state index is -0.252. The van der Waals surface area contributed by atoms with Gasteiger partial charge in [0.1, 0.15) is 11.4 Å². The average Bonchev–Trinajstić information content (AvgIpc) is 3.46. The normalized spacial score (nSPS) is 16.8. The van der Waals surface area contributed by atoms with E-state index < -0.39 is 0 Å². The van der Waals surface area contributed by atoms with E-state index in [2.05, 4.69) is 33.9 Å². The first kappa shape index (κ1) is 22.2. The number of para-hydroxylation sites is 1. The number of anilines is 1. The maximum absolute atomic E-state index is 12.8. The van der Waals surface area contributed by atoms with Crippen molar-refractivity contribution in [2.45, 2.75) is 39.2 Å². The third-order valence-electron chi connectivity index (χ3n) is 6.14. The van der Waals surface area contributed by atoms with E-state index in [-0.39, 0.29) is 18.1 Å². The van der Waals surface area contributed by atoms with E-state index in [1.165, 1.54) is 0 Å². The van der Waals surface area contributed by atoms with Crippen LogP contribution in [0.15, 0.2) is 41.1 Å². The number of fused-ring (bicyclic) bond motifs is 1. The van der Waals surface area contributed by atoms with Crippen LogP contribution in [0.5, 0.6) is 11.5 Å². The van der Waals surface area contributed by atoms with Crippen LogP contribution in [0, 0.1) is 0 Å². The molecule has 0 unspecified atom stereocenters. The minimum absolute atomic E-state index is 0.00234. The Morgan fingerprint density at radius 2 is 1.97 bits per heavy atom. The molecule has 178 valence electrons. The average molecular weight is 464 g/mol. The number of carbonyl (C=O) groups is 1. The molecular formula is C25H29N5O4. The summed E-state index contributed by atoms with van der Waals surface area (Å²) in [4.78, 5) is 25.7. The van der Waals surface area contributed by atoms with Crippen LogP contribution in [0.25, 0.3) is 11.4 Å². The summed E-state index contributed by atoms with van der Waals surface area (Å²) >= 11 is 0. The van der Waals surface area contributed by atoms with Crippen molar-refractivity contribution in [2.24, 2.45) is 0 Å². The van der Waals surface area contributed by atoms with Crippen molar-refractivity contribution in [2.75, 3.05) is 37.7 Å². The van der Waals surface area contributed by atoms with Crippen LogP contribution in [0.1, 0.15) is 32.2 Å². The van der Waals surface area contributed by atoms with Crippen LogP contribution in [0.2, 0.25) is 0 Å². The second-order valence-electron chi connectivity index (χ2n) is 9.21. The molecule has 0 N–H and O–H groups in total. The summed E-state index contributed by atoms with van der Waals surface area (Å²) in [7, 11) is 0. The fourth-order valence-corrected chi connectivity index (χ4v) is 4.34. The number of rotatable bonds is 6. The largest absolute Gasteiger partial charge is 0.483 e. The molecule has 4 heterocycles. The van der Waals surface area contributed by atoms with E-state index in [4.69, 9.17) is 14.0 Å². The van der Waals surface area contributed by atoms with Crippen LogP contribution in [-0.2, 0) is 17.6 Å². The third-order valence-corrected chi connectivity index (χ3v) is 6.14. The van der Waals surface area contributed by atoms with Crippen LogP contribution in [0.3, 0.4) is 0 Å². The Kier molecular flexibility index (Phi) is 5.85. The number of hydrogen-bond donors (Lipinski definition) is 0. The Hall–Kier alpha value is -3.62. The first-order valence-corrected chi connectivity index (χ1v) is 11.7. The molecule has 3 aromatic rings. The summed E-state index contributed by atoms with van der Waals surface area (Å²) in [5.74, 6) is 3.38. The van der Waals surface area contributed by atoms with Crippen molar-refractivity contribution in [1.82, 2.24) is 20.0 Å². The summed E-state index contributed by atoms with van der Waals surface area (Å²) < 4.78 is 17.1. The van der Waals surface area contributed by atoms with E-state index in [1.54, 1.807) is 6.20 Å². The summed E-state index contributed by atoms with van der Waals surface area (Å²) in [6.45, 7) is 8.72. The molecule has 1 fully saturated rings. The fraction of sp³-hybridized carbons (Fsp3) is 0.440. The van der Waals surface area contributed by atoms with Crippen molar-refractivity contribution in [1.29, 1.82) is 0 Å². The predicted octanol–water partition coefficient (Wildman–Crippen LogP) is 3.14. The lowest BCUT2D eigenvalue weighted by Crippen LogP contribution is -2.50. The standard InChI is InChI=1S/C25H29N5O4/c1-4-21-27-24(28-34-21)18-8-9-20(26-15-18)29-10-12-30(13-11-29)22(31)16-32-19-7-5-6-17-14-25(2,3)33-23(17)19/h5-9,15H,4,10-14,16H2,1-3H3. The molecule has 9 heteroatoms. The summed E-state index contributed by atoms with van der Waals surface area (Å²) in [5, 5.41) is 3.99. The molecule has 0 spiro atoms. The van der Waals surface area contributed by atoms with Gasteiger partial charge in [-0.2, -0.15) is 4.98 Å². The van der Waals surface area contributed by atoms with Gasteiger partial charge < -0.3 is 23.8 Å². The van der Waals surface area contributed by atoms with Crippen molar-refractivity contribution in [3.05, 3.63) is 48.0 Å². The Labute approximate surface area is 198 Å². The highest BCUT2D eigenvalue weighted by molar-refractivity contribution is 5.78. The van der Waals surface area contributed by atoms with E-state index in [0.29, 0.717) is 50.1 Å². The molecule has 9 nitrogen and oxygen atoms in total. The first-order valence-electron chi connectivity index (χ1n) is 11.7. The van der Waals surface area contributed by atoms with E-state index in [9.17, 15) is 4.79 Å². The molecule has 1 aromatic carbocycles. The molecule has 0 atom stereocenters. The Bertz CT molecular complexity index is 1170. The summed E-state index contributed by atoms with van der Waals surface area (Å²) in [6.07, 6.45) is 3.29. The molecule has 1 saturated heterocycles. The van der Waals surface area contributed by atoms with Gasteiger partial charge in [0.25, 0.3) is 5.91 Å². The lowest BCUT2D eigenvalue weighted by atomic mass is 10.0. The SMILES string of the molecule is CCc1nc(-c2ccc(N3CCN(C(=O)COc4cccc5c4OC(C)(C)C5)CC3)nc2)no1. The maximum atomic E-state index is 12.8. The van der Waals surface area contributed by atoms with Crippen molar-refractivity contribution >= 4 is 11.7 Å². The van der Waals surface area contributed by atoms with Gasteiger partial charge in [0.05, 0.1) is 0 Å². The van der Waals surface area contributed by atoms with E-state index >= 15 is 0 Å². The first-order chi connectivity index (χ1) is 16.4. The number of pyridine rings is 1. The fourth-order valence-electron chi connectivity index (χ4n) is 4.34. The smallest absolute Gasteiger partial charge is 0.260 e. The Balaban J connectivity index is 1.14. The van der Waals surface area contributed by atoms with E-state index in [0.717, 1.165) is 29.1 Å². The summed E-state index contributed by atoms with van der Waals surface area (Å²) in [5.41, 5.74) is 1.68. The van der Waals surface area contributed by atoms with Crippen LogP contribution >= 0.6 is 0 Å². The van der Waals surface area contributed by atoms with Gasteiger partial charge in [-0.05, 0) is 32.0 Å². The molecule has 2 aromatic heterocycles. The maximum Gasteiger partial charge on any atom is 0.260 e. The van der Waals surface area contributed by atoms with Gasteiger partial charge in [0.2, 0.25) is 11.7 Å². The molecule has 2 aliphatic rings. The van der Waals surface area contributed by atoms with Crippen LogP contribution in [0.4, 0.5) is 5.82 Å². The minimum Gasteiger partial charge on any atom is -0.483 e. The van der Waals surface area contributed by atoms with Crippen molar-refractivity contribution < 1.29 is 18.8 Å². The number of amides is 1. The summed E-state index contributed by atoms with van der Waals surface area (Å²) in [6, 6.07) is 9.75. The molecule has 5 rings (SSSR count). The molecule has 0 bridgehead atoms. The van der Waals surface area contributed by atoms with Gasteiger partial charge in [0, 0.05) is 56.3 Å². The molecule has 0 radical (unpaired) electrons. The van der Waals surface area contributed by atoms with Gasteiger partial charge in [-0.25, -0.2) is 4.98 Å². The molecule has 0 saturated carbocycles. The van der Waals surface area contributed by atoms with Gasteiger partial charge in [-0.1, -0.05) is 24.2 Å². The highest BCUT2D eigenvalue weighted by atomic mass is 16.5. The number of nitrogens with zero attached hydrogens (tertiary/aromatic N) is 5. The molecule has 2 aliphatic heterocycles. The zero-order valence-corrected chi connectivity index (χ0v) is 19.8. The second kappa shape index (κ2) is 8.96. The number of aromatic nitrogens is 3. The van der Waals surface area contributed by atoms with Gasteiger partial charge >= 0.3 is 0 Å². The highest BCUT2D eigenvalue weighted by Crippen LogP contribution is 2.41. The predicted molar refractivity (Wildman–Crippen MR) is 126 cm³/mol. The third kappa shape index (κ3) is 4.55. The molecular weight excluding hydrogens is 434 g/mol. The zero-order chi connectivity index (χ0) is 23.7. The Morgan fingerprint density at radius 1 is 1.15 bits per heavy atom. The number of piperazine rings is 1. The zero-order valence-electron chi connectivity index (χ0n) is 19.8.